The van der Waals surface area contributed by atoms with Crippen LogP contribution in [-0.2, 0) is 0 Å². The van der Waals surface area contributed by atoms with Crippen molar-refractivity contribution < 1.29 is 4.63 Å². The van der Waals surface area contributed by atoms with E-state index in [1.807, 2.05) is 23.9 Å². The van der Waals surface area contributed by atoms with Gasteiger partial charge in [-0.3, -0.25) is 0 Å². The van der Waals surface area contributed by atoms with Crippen LogP contribution in [0.15, 0.2) is 4.63 Å². The van der Waals surface area contributed by atoms with Crippen molar-refractivity contribution in [3.63, 3.8) is 0 Å². The molecule has 1 aromatic heterocycles. The first-order chi connectivity index (χ1) is 4.79. The lowest BCUT2D eigenvalue weighted by atomic mass is 10.6. The predicted octanol–water partition coefficient (Wildman–Crippen LogP) is -0.0869. The minimum atomic E-state index is 0.822. The summed E-state index contributed by atoms with van der Waals surface area (Å²) in [6.07, 6.45) is 0. The van der Waals surface area contributed by atoms with Gasteiger partial charge in [0.2, 0.25) is 11.6 Å². The highest BCUT2D eigenvalue weighted by atomic mass is 16.6. The maximum atomic E-state index is 4.54. The van der Waals surface area contributed by atoms with Crippen LogP contribution in [0.3, 0.4) is 0 Å². The molecule has 0 bridgehead atoms. The van der Waals surface area contributed by atoms with Crippen molar-refractivity contribution in [2.45, 2.75) is 0 Å². The highest BCUT2D eigenvalue weighted by Gasteiger charge is 2.25. The number of anilines is 2. The van der Waals surface area contributed by atoms with Crippen LogP contribution in [0, 0.1) is 0 Å². The molecule has 54 valence electrons. The van der Waals surface area contributed by atoms with Crippen molar-refractivity contribution in [2.24, 2.45) is 0 Å². The molecular weight excluding hydrogens is 132 g/mol. The molecule has 2 rings (SSSR count). The van der Waals surface area contributed by atoms with Crippen LogP contribution in [0.2, 0.25) is 0 Å². The van der Waals surface area contributed by atoms with Crippen LogP contribution in [-0.4, -0.2) is 31.1 Å². The number of nitrogens with zero attached hydrogens (tertiary/aromatic N) is 4. The molecule has 1 aromatic rings. The van der Waals surface area contributed by atoms with Crippen LogP contribution in [0.25, 0.3) is 0 Å². The van der Waals surface area contributed by atoms with E-state index in [9.17, 15) is 0 Å². The molecule has 10 heavy (non-hydrogen) atoms. The molecule has 1 aliphatic heterocycles. The number of hydrogen-bond donors (Lipinski definition) is 0. The van der Waals surface area contributed by atoms with Gasteiger partial charge in [-0.1, -0.05) is 0 Å². The highest BCUT2D eigenvalue weighted by Crippen LogP contribution is 2.28. The summed E-state index contributed by atoms with van der Waals surface area (Å²) in [5, 5.41) is 7.45. The minimum Gasteiger partial charge on any atom is -0.336 e. The van der Waals surface area contributed by atoms with E-state index in [0.717, 1.165) is 18.3 Å². The fourth-order valence-electron chi connectivity index (χ4n) is 1.11. The average molecular weight is 140 g/mol. The topological polar surface area (TPSA) is 45.4 Å². The Kier molecular flexibility index (Phi) is 0.893. The van der Waals surface area contributed by atoms with Crippen LogP contribution in [0.5, 0.6) is 0 Å². The molecule has 0 spiro atoms. The molecule has 0 atom stereocenters. The molecule has 0 saturated heterocycles. The van der Waals surface area contributed by atoms with Gasteiger partial charge < -0.3 is 9.80 Å². The summed E-state index contributed by atoms with van der Waals surface area (Å²) >= 11 is 0. The van der Waals surface area contributed by atoms with Gasteiger partial charge in [0.05, 0.1) is 6.67 Å². The van der Waals surface area contributed by atoms with Gasteiger partial charge in [0.15, 0.2) is 0 Å². The van der Waals surface area contributed by atoms with Crippen molar-refractivity contribution in [2.75, 3.05) is 30.6 Å². The third kappa shape index (κ3) is 0.516. The molecule has 0 saturated carbocycles. The van der Waals surface area contributed by atoms with Crippen molar-refractivity contribution in [3.05, 3.63) is 0 Å². The maximum absolute atomic E-state index is 4.54. The Morgan fingerprint density at radius 2 is 1.70 bits per heavy atom. The van der Waals surface area contributed by atoms with E-state index in [0.29, 0.717) is 0 Å². The first-order valence-corrected chi connectivity index (χ1v) is 3.04. The number of rotatable bonds is 0. The lowest BCUT2D eigenvalue weighted by Gasteiger charge is -2.10. The number of fused-ring (bicyclic) bond motifs is 1. The SMILES string of the molecule is CN1CN(C)c2nonc21. The first-order valence-electron chi connectivity index (χ1n) is 3.04. The summed E-state index contributed by atoms with van der Waals surface area (Å²) in [6, 6.07) is 0. The molecule has 0 amide bonds. The van der Waals surface area contributed by atoms with E-state index < -0.39 is 0 Å². The molecule has 0 N–H and O–H groups in total. The lowest BCUT2D eigenvalue weighted by molar-refractivity contribution is 0.306. The smallest absolute Gasteiger partial charge is 0.219 e. The first kappa shape index (κ1) is 5.52. The molecule has 5 nitrogen and oxygen atoms in total. The Morgan fingerprint density at radius 3 is 2.20 bits per heavy atom. The molecule has 0 fully saturated rings. The van der Waals surface area contributed by atoms with Gasteiger partial charge in [-0.05, 0) is 10.3 Å². The van der Waals surface area contributed by atoms with Crippen LogP contribution in [0.1, 0.15) is 0 Å². The Balaban J connectivity index is 2.48. The second-order valence-electron chi connectivity index (χ2n) is 2.45. The van der Waals surface area contributed by atoms with Gasteiger partial charge in [-0.25, -0.2) is 4.63 Å². The summed E-state index contributed by atoms with van der Waals surface area (Å²) in [4.78, 5) is 3.96. The molecule has 1 aliphatic rings. The van der Waals surface area contributed by atoms with Crippen LogP contribution >= 0.6 is 0 Å². The molecule has 0 unspecified atom stereocenters. The fourth-order valence-corrected chi connectivity index (χ4v) is 1.11. The Hall–Kier alpha value is -1.26. The van der Waals surface area contributed by atoms with E-state index in [1.165, 1.54) is 0 Å². The van der Waals surface area contributed by atoms with Gasteiger partial charge in [0, 0.05) is 14.1 Å². The summed E-state index contributed by atoms with van der Waals surface area (Å²) in [7, 11) is 3.90. The van der Waals surface area contributed by atoms with E-state index in [4.69, 9.17) is 0 Å². The van der Waals surface area contributed by atoms with Crippen molar-refractivity contribution in [1.82, 2.24) is 10.3 Å². The Bertz CT molecular complexity index is 223. The fraction of sp³-hybridized carbons (Fsp3) is 0.600. The van der Waals surface area contributed by atoms with Crippen LogP contribution in [0.4, 0.5) is 11.6 Å². The van der Waals surface area contributed by atoms with Gasteiger partial charge in [0.25, 0.3) is 0 Å². The second kappa shape index (κ2) is 1.62. The zero-order valence-electron chi connectivity index (χ0n) is 5.90. The molecule has 0 radical (unpaired) electrons. The third-order valence-corrected chi connectivity index (χ3v) is 1.60. The van der Waals surface area contributed by atoms with E-state index in [2.05, 4.69) is 14.9 Å². The zero-order chi connectivity index (χ0) is 7.14. The molecule has 5 heteroatoms. The van der Waals surface area contributed by atoms with Crippen molar-refractivity contribution >= 4 is 11.6 Å². The second-order valence-corrected chi connectivity index (χ2v) is 2.45. The lowest BCUT2D eigenvalue weighted by Crippen LogP contribution is -2.24. The zero-order valence-corrected chi connectivity index (χ0v) is 5.90. The van der Waals surface area contributed by atoms with Crippen molar-refractivity contribution in [3.8, 4) is 0 Å². The quantitative estimate of drug-likeness (QED) is 0.504. The largest absolute Gasteiger partial charge is 0.336 e. The van der Waals surface area contributed by atoms with Gasteiger partial charge in [-0.2, -0.15) is 0 Å². The minimum absolute atomic E-state index is 0.822. The Morgan fingerprint density at radius 1 is 1.20 bits per heavy atom. The molecular formula is C5H8N4O. The summed E-state index contributed by atoms with van der Waals surface area (Å²) in [5.74, 6) is 1.64. The molecule has 0 aliphatic carbocycles. The average Bonchev–Trinajstić information content (AvgIpc) is 2.39. The van der Waals surface area contributed by atoms with E-state index >= 15 is 0 Å². The highest BCUT2D eigenvalue weighted by molar-refractivity contribution is 5.65. The van der Waals surface area contributed by atoms with Crippen LogP contribution < -0.4 is 9.80 Å². The summed E-state index contributed by atoms with van der Waals surface area (Å²) in [5.41, 5.74) is 0. The summed E-state index contributed by atoms with van der Waals surface area (Å²) < 4.78 is 4.54. The normalized spacial score (nSPS) is 16.2. The molecule has 0 aromatic carbocycles. The monoisotopic (exact) mass is 140 g/mol. The van der Waals surface area contributed by atoms with Gasteiger partial charge in [0.1, 0.15) is 0 Å². The Labute approximate surface area is 58.2 Å². The number of aromatic nitrogens is 2. The van der Waals surface area contributed by atoms with Crippen molar-refractivity contribution in [1.29, 1.82) is 0 Å². The number of hydrogen-bond acceptors (Lipinski definition) is 5. The van der Waals surface area contributed by atoms with Gasteiger partial charge in [-0.15, -0.1) is 0 Å². The molecule has 2 heterocycles. The van der Waals surface area contributed by atoms with Gasteiger partial charge >= 0.3 is 0 Å². The van der Waals surface area contributed by atoms with E-state index in [-0.39, 0.29) is 0 Å². The predicted molar refractivity (Wildman–Crippen MR) is 36.0 cm³/mol. The summed E-state index contributed by atoms with van der Waals surface area (Å²) in [6.45, 7) is 0.834. The standard InChI is InChI=1S/C5H8N4O/c1-8-3-9(2)5-4(8)6-10-7-5/h3H2,1-2H3. The maximum Gasteiger partial charge on any atom is 0.219 e. The van der Waals surface area contributed by atoms with E-state index in [1.54, 1.807) is 0 Å². The third-order valence-electron chi connectivity index (χ3n) is 1.60.